The topological polar surface area (TPSA) is 185 Å². The molecule has 0 aromatic heterocycles. The van der Waals surface area contributed by atoms with Gasteiger partial charge in [-0.15, -0.1) is 0 Å². The molecule has 3 atom stereocenters. The molecule has 15 heteroatoms. The summed E-state index contributed by atoms with van der Waals surface area (Å²) in [5.74, 6) is -0.688. The van der Waals surface area contributed by atoms with Gasteiger partial charge in [-0.3, -0.25) is 13.7 Å². The Morgan fingerprint density at radius 1 is 0.936 bits per heavy atom. The molecule has 3 N–H and O–H groups in total. The predicted octanol–water partition coefficient (Wildman–Crippen LogP) is 4.95. The quantitative estimate of drug-likeness (QED) is 0.199. The van der Waals surface area contributed by atoms with Crippen molar-refractivity contribution in [3.05, 3.63) is 77.0 Å². The third-order valence-corrected chi connectivity index (χ3v) is 11.7. The molecule has 0 spiro atoms. The predicted molar refractivity (Wildman–Crippen MR) is 180 cm³/mol. The molecule has 3 rings (SSSR count). The third-order valence-electron chi connectivity index (χ3n) is 9.21. The molecule has 12 nitrogen and oxygen atoms in total. The van der Waals surface area contributed by atoms with E-state index in [4.69, 9.17) is 9.47 Å². The van der Waals surface area contributed by atoms with Crippen LogP contribution in [-0.2, 0) is 50.7 Å². The van der Waals surface area contributed by atoms with Gasteiger partial charge >= 0.3 is 0 Å². The molecule has 0 saturated heterocycles. The SMILES string of the molecule is COCCN1/C(=C/C=C/C(C)C(C)(CCOC)c2cc(S(=O)(=O)O)ccc2C)C(C)(CCCS(=O)(=O)O)c2cc(S(=O)(=O)O)ccc21. The second-order valence-electron chi connectivity index (χ2n) is 12.4. The van der Waals surface area contributed by atoms with E-state index in [-0.39, 0.29) is 28.6 Å². The molecule has 0 amide bonds. The van der Waals surface area contributed by atoms with Crippen molar-refractivity contribution in [2.24, 2.45) is 5.92 Å². The number of allylic oxidation sites excluding steroid dienone is 4. The van der Waals surface area contributed by atoms with Gasteiger partial charge in [0.25, 0.3) is 30.4 Å². The molecular weight excluding hydrogens is 671 g/mol. The number of anilines is 1. The van der Waals surface area contributed by atoms with Gasteiger partial charge in [-0.25, -0.2) is 0 Å². The van der Waals surface area contributed by atoms with Crippen LogP contribution in [0.3, 0.4) is 0 Å². The summed E-state index contributed by atoms with van der Waals surface area (Å²) in [5.41, 5.74) is 1.96. The number of hydrogen-bond acceptors (Lipinski definition) is 9. The maximum atomic E-state index is 12.1. The Labute approximate surface area is 278 Å². The summed E-state index contributed by atoms with van der Waals surface area (Å²) in [6.45, 7) is 8.78. The summed E-state index contributed by atoms with van der Waals surface area (Å²) in [6.07, 6.45) is 6.49. The van der Waals surface area contributed by atoms with E-state index in [0.29, 0.717) is 37.4 Å². The Bertz CT molecular complexity index is 1840. The number of methoxy groups -OCH3 is 2. The molecule has 0 fully saturated rings. The first-order valence-corrected chi connectivity index (χ1v) is 19.5. The number of aryl methyl sites for hydroxylation is 1. The summed E-state index contributed by atoms with van der Waals surface area (Å²) in [7, 11) is -10.1. The van der Waals surface area contributed by atoms with Gasteiger partial charge in [0.1, 0.15) is 0 Å². The van der Waals surface area contributed by atoms with Crippen LogP contribution in [-0.4, -0.2) is 78.6 Å². The largest absolute Gasteiger partial charge is 0.385 e. The highest BCUT2D eigenvalue weighted by molar-refractivity contribution is 7.86. The van der Waals surface area contributed by atoms with E-state index in [1.807, 2.05) is 50.8 Å². The first-order chi connectivity index (χ1) is 21.7. The van der Waals surface area contributed by atoms with Crippen LogP contribution < -0.4 is 4.90 Å². The molecule has 1 heterocycles. The lowest BCUT2D eigenvalue weighted by molar-refractivity contribution is 0.159. The summed E-state index contributed by atoms with van der Waals surface area (Å²) in [6, 6.07) is 8.79. The van der Waals surface area contributed by atoms with Gasteiger partial charge in [-0.2, -0.15) is 25.3 Å². The van der Waals surface area contributed by atoms with Gasteiger partial charge in [0.15, 0.2) is 0 Å². The molecule has 1 aliphatic heterocycles. The molecule has 0 radical (unpaired) electrons. The van der Waals surface area contributed by atoms with Gasteiger partial charge in [0.05, 0.1) is 22.2 Å². The molecule has 0 bridgehead atoms. The van der Waals surface area contributed by atoms with Gasteiger partial charge in [0.2, 0.25) is 0 Å². The summed E-state index contributed by atoms with van der Waals surface area (Å²) in [5, 5.41) is 0. The number of fused-ring (bicyclic) bond motifs is 1. The number of nitrogens with zero attached hydrogens (tertiary/aromatic N) is 1. The Kier molecular flexibility index (Phi) is 12.3. The van der Waals surface area contributed by atoms with Gasteiger partial charge in [-0.05, 0) is 92.1 Å². The molecule has 1 aliphatic rings. The Balaban J connectivity index is 2.17. The first kappa shape index (κ1) is 38.8. The second kappa shape index (κ2) is 14.9. The van der Waals surface area contributed by atoms with Crippen molar-refractivity contribution in [1.82, 2.24) is 0 Å². The van der Waals surface area contributed by atoms with Crippen molar-refractivity contribution < 1.29 is 48.4 Å². The number of rotatable bonds is 16. The van der Waals surface area contributed by atoms with Crippen molar-refractivity contribution in [1.29, 1.82) is 0 Å². The fourth-order valence-corrected chi connectivity index (χ4v) is 7.83. The normalized spacial score (nSPS) is 20.1. The van der Waals surface area contributed by atoms with E-state index in [1.165, 1.54) is 24.3 Å². The van der Waals surface area contributed by atoms with Crippen LogP contribution in [0.5, 0.6) is 0 Å². The van der Waals surface area contributed by atoms with Gasteiger partial charge in [0, 0.05) is 49.6 Å². The molecule has 2 aromatic carbocycles. The van der Waals surface area contributed by atoms with Crippen molar-refractivity contribution in [3.8, 4) is 0 Å². The summed E-state index contributed by atoms with van der Waals surface area (Å²) in [4.78, 5) is 1.45. The molecule has 262 valence electrons. The van der Waals surface area contributed by atoms with E-state index in [9.17, 15) is 38.9 Å². The lowest BCUT2D eigenvalue weighted by Gasteiger charge is -2.36. The molecule has 0 saturated carbocycles. The minimum absolute atomic E-state index is 0.0684. The average Bonchev–Trinajstić information content (AvgIpc) is 3.19. The van der Waals surface area contributed by atoms with E-state index in [2.05, 4.69) is 0 Å². The van der Waals surface area contributed by atoms with Gasteiger partial charge < -0.3 is 14.4 Å². The van der Waals surface area contributed by atoms with Crippen LogP contribution in [0.25, 0.3) is 0 Å². The van der Waals surface area contributed by atoms with E-state index in [0.717, 1.165) is 16.8 Å². The van der Waals surface area contributed by atoms with Crippen LogP contribution in [0.4, 0.5) is 5.69 Å². The van der Waals surface area contributed by atoms with Crippen LogP contribution in [0.1, 0.15) is 56.7 Å². The minimum Gasteiger partial charge on any atom is -0.385 e. The van der Waals surface area contributed by atoms with Crippen LogP contribution >= 0.6 is 0 Å². The first-order valence-electron chi connectivity index (χ1n) is 15.0. The maximum Gasteiger partial charge on any atom is 0.294 e. The maximum absolute atomic E-state index is 12.1. The number of hydrogen-bond donors (Lipinski definition) is 3. The monoisotopic (exact) mass is 715 g/mol. The van der Waals surface area contributed by atoms with E-state index in [1.54, 1.807) is 26.4 Å². The molecule has 2 aromatic rings. The minimum atomic E-state index is -4.54. The second-order valence-corrected chi connectivity index (χ2v) is 16.8. The Morgan fingerprint density at radius 3 is 2.11 bits per heavy atom. The van der Waals surface area contributed by atoms with E-state index >= 15 is 0 Å². The van der Waals surface area contributed by atoms with Crippen molar-refractivity contribution in [2.75, 3.05) is 44.6 Å². The third kappa shape index (κ3) is 9.09. The highest BCUT2D eigenvalue weighted by Gasteiger charge is 2.44. The smallest absolute Gasteiger partial charge is 0.294 e. The van der Waals surface area contributed by atoms with Gasteiger partial charge in [-0.1, -0.05) is 32.1 Å². The van der Waals surface area contributed by atoms with Crippen molar-refractivity contribution in [2.45, 2.75) is 67.6 Å². The fourth-order valence-electron chi connectivity index (χ4n) is 6.31. The average molecular weight is 716 g/mol. The zero-order valence-electron chi connectivity index (χ0n) is 27.5. The lowest BCUT2D eigenvalue weighted by atomic mass is 9.69. The van der Waals surface area contributed by atoms with Crippen LogP contribution in [0.2, 0.25) is 0 Å². The number of ether oxygens (including phenoxy) is 2. The Morgan fingerprint density at radius 2 is 1.53 bits per heavy atom. The van der Waals surface area contributed by atoms with Crippen LogP contribution in [0.15, 0.2) is 70.1 Å². The summed E-state index contributed by atoms with van der Waals surface area (Å²) >= 11 is 0. The molecule has 47 heavy (non-hydrogen) atoms. The molecule has 3 unspecified atom stereocenters. The van der Waals surface area contributed by atoms with Crippen molar-refractivity contribution in [3.63, 3.8) is 0 Å². The van der Waals surface area contributed by atoms with Crippen LogP contribution in [0, 0.1) is 12.8 Å². The molecule has 0 aliphatic carbocycles. The summed E-state index contributed by atoms with van der Waals surface area (Å²) < 4.78 is 111. The number of benzene rings is 2. The highest BCUT2D eigenvalue weighted by atomic mass is 32.2. The fraction of sp³-hybridized carbons (Fsp3) is 0.500. The zero-order chi connectivity index (χ0) is 35.4. The van der Waals surface area contributed by atoms with Crippen molar-refractivity contribution >= 4 is 36.0 Å². The molecular formula is C32H45NO11S3. The lowest BCUT2D eigenvalue weighted by Crippen LogP contribution is -2.32. The standard InChI is InChI=1S/C32H45NO11S3/c1-23-11-12-25(46(37,38)39)21-27(23)31(3,16-18-43-5)24(2)9-7-10-30-32(4,15-8-20-45(34,35)36)28-22-26(47(40,41)42)13-14-29(28)33(30)17-19-44-6/h7,9-14,21-22,24H,8,15-20H2,1-6H3,(H,34,35,36)(H,37,38,39)(H,40,41,42)/b9-7+,30-10+. The Hall–Kier alpha value is -2.63. The zero-order valence-corrected chi connectivity index (χ0v) is 30.0. The van der Waals surface area contributed by atoms with E-state index < -0.39 is 46.9 Å². The highest BCUT2D eigenvalue weighted by Crippen LogP contribution is 2.51.